The zero-order valence-electron chi connectivity index (χ0n) is 12.2. The van der Waals surface area contributed by atoms with Crippen LogP contribution in [0.5, 0.6) is 11.5 Å². The van der Waals surface area contributed by atoms with Crippen LogP contribution in [0.3, 0.4) is 0 Å². The van der Waals surface area contributed by atoms with Crippen molar-refractivity contribution in [1.82, 2.24) is 10.2 Å². The number of nitrogens with zero attached hydrogens (tertiary/aromatic N) is 1. The van der Waals surface area contributed by atoms with Gasteiger partial charge in [-0.3, -0.25) is 9.89 Å². The number of amides is 1. The molecule has 1 aromatic heterocycles. The van der Waals surface area contributed by atoms with Crippen LogP contribution in [0.25, 0.3) is 0 Å². The number of aromatic nitrogens is 2. The summed E-state index contributed by atoms with van der Waals surface area (Å²) in [6.07, 6.45) is 2.60. The lowest BCUT2D eigenvalue weighted by molar-refractivity contribution is -0.116. The van der Waals surface area contributed by atoms with Crippen molar-refractivity contribution in [2.45, 2.75) is 19.8 Å². The van der Waals surface area contributed by atoms with Crippen molar-refractivity contribution >= 4 is 11.7 Å². The first-order chi connectivity index (χ1) is 10.2. The molecule has 6 nitrogen and oxygen atoms in total. The van der Waals surface area contributed by atoms with Crippen LogP contribution in [0.1, 0.15) is 18.9 Å². The molecule has 21 heavy (non-hydrogen) atoms. The Labute approximate surface area is 123 Å². The van der Waals surface area contributed by atoms with E-state index in [2.05, 4.69) is 15.5 Å². The Kier molecular flexibility index (Phi) is 5.20. The second kappa shape index (κ2) is 7.33. The average molecular weight is 289 g/mol. The number of benzene rings is 1. The van der Waals surface area contributed by atoms with Gasteiger partial charge in [0.2, 0.25) is 5.91 Å². The number of carbonyl (C=O) groups excluding carboxylic acids is 1. The normalized spacial score (nSPS) is 10.2. The van der Waals surface area contributed by atoms with Crippen molar-refractivity contribution in [3.05, 3.63) is 36.0 Å². The minimum Gasteiger partial charge on any atom is -0.493 e. The molecule has 0 unspecified atom stereocenters. The van der Waals surface area contributed by atoms with Crippen molar-refractivity contribution in [3.63, 3.8) is 0 Å². The molecule has 0 radical (unpaired) electrons. The maximum Gasteiger partial charge on any atom is 0.225 e. The van der Waals surface area contributed by atoms with E-state index in [-0.39, 0.29) is 5.91 Å². The number of hydrogen-bond donors (Lipinski definition) is 2. The Morgan fingerprint density at radius 3 is 2.86 bits per heavy atom. The maximum absolute atomic E-state index is 11.8. The summed E-state index contributed by atoms with van der Waals surface area (Å²) in [6, 6.07) is 7.41. The quantitative estimate of drug-likeness (QED) is 0.820. The number of rotatable bonds is 7. The van der Waals surface area contributed by atoms with Crippen molar-refractivity contribution in [1.29, 1.82) is 0 Å². The Morgan fingerprint density at radius 1 is 1.33 bits per heavy atom. The molecular weight excluding hydrogens is 270 g/mol. The largest absolute Gasteiger partial charge is 0.493 e. The first kappa shape index (κ1) is 14.9. The second-order valence-corrected chi connectivity index (χ2v) is 4.44. The van der Waals surface area contributed by atoms with Crippen LogP contribution in [0.2, 0.25) is 0 Å². The lowest BCUT2D eigenvalue weighted by Crippen LogP contribution is -2.12. The number of aromatic amines is 1. The molecule has 0 aliphatic heterocycles. The molecule has 0 bridgehead atoms. The summed E-state index contributed by atoms with van der Waals surface area (Å²) in [5, 5.41) is 9.20. The summed E-state index contributed by atoms with van der Waals surface area (Å²) in [5.41, 5.74) is 1.02. The Morgan fingerprint density at radius 2 is 2.19 bits per heavy atom. The predicted octanol–water partition coefficient (Wildman–Crippen LogP) is 2.39. The summed E-state index contributed by atoms with van der Waals surface area (Å²) >= 11 is 0. The van der Waals surface area contributed by atoms with Gasteiger partial charge in [0.1, 0.15) is 5.82 Å². The number of H-pyrrole nitrogens is 1. The van der Waals surface area contributed by atoms with E-state index in [0.717, 1.165) is 5.56 Å². The number of aryl methyl sites for hydroxylation is 1. The Hall–Kier alpha value is -2.50. The molecule has 2 aromatic rings. The molecular formula is C15H19N3O3. The highest BCUT2D eigenvalue weighted by molar-refractivity contribution is 5.89. The molecule has 112 valence electrons. The molecule has 6 heteroatoms. The summed E-state index contributed by atoms with van der Waals surface area (Å²) in [7, 11) is 1.60. The molecule has 1 aromatic carbocycles. The van der Waals surface area contributed by atoms with Crippen LogP contribution in [-0.2, 0) is 11.2 Å². The summed E-state index contributed by atoms with van der Waals surface area (Å²) in [6.45, 7) is 2.51. The van der Waals surface area contributed by atoms with Crippen LogP contribution >= 0.6 is 0 Å². The second-order valence-electron chi connectivity index (χ2n) is 4.44. The van der Waals surface area contributed by atoms with E-state index in [1.807, 2.05) is 25.1 Å². The molecule has 1 heterocycles. The first-order valence-electron chi connectivity index (χ1n) is 6.82. The minimum absolute atomic E-state index is 0.0629. The molecule has 0 spiro atoms. The Balaban J connectivity index is 1.92. The third-order valence-corrected chi connectivity index (χ3v) is 2.94. The van der Waals surface area contributed by atoms with E-state index in [1.165, 1.54) is 0 Å². The fraction of sp³-hybridized carbons (Fsp3) is 0.333. The van der Waals surface area contributed by atoms with Gasteiger partial charge in [-0.2, -0.15) is 5.10 Å². The lowest BCUT2D eigenvalue weighted by Gasteiger charge is -2.11. The molecule has 0 saturated heterocycles. The highest BCUT2D eigenvalue weighted by atomic mass is 16.5. The van der Waals surface area contributed by atoms with Crippen LogP contribution in [0, 0.1) is 0 Å². The highest BCUT2D eigenvalue weighted by Crippen LogP contribution is 2.28. The fourth-order valence-corrected chi connectivity index (χ4v) is 1.94. The topological polar surface area (TPSA) is 76.2 Å². The van der Waals surface area contributed by atoms with E-state index in [1.54, 1.807) is 19.4 Å². The molecule has 0 aliphatic rings. The van der Waals surface area contributed by atoms with Gasteiger partial charge in [0.15, 0.2) is 11.5 Å². The van der Waals surface area contributed by atoms with E-state index >= 15 is 0 Å². The van der Waals surface area contributed by atoms with Gasteiger partial charge in [0.05, 0.1) is 19.9 Å². The van der Waals surface area contributed by atoms with Gasteiger partial charge >= 0.3 is 0 Å². The number of methoxy groups -OCH3 is 1. The molecule has 0 fully saturated rings. The zero-order valence-corrected chi connectivity index (χ0v) is 12.2. The van der Waals surface area contributed by atoms with Gasteiger partial charge < -0.3 is 14.8 Å². The number of carbonyl (C=O) groups is 1. The molecule has 0 saturated carbocycles. The van der Waals surface area contributed by atoms with Gasteiger partial charge in [0, 0.05) is 12.5 Å². The summed E-state index contributed by atoms with van der Waals surface area (Å²) < 4.78 is 10.8. The molecule has 2 rings (SSSR count). The van der Waals surface area contributed by atoms with Gasteiger partial charge in [-0.15, -0.1) is 0 Å². The lowest BCUT2D eigenvalue weighted by atomic mass is 10.1. The molecule has 2 N–H and O–H groups in total. The van der Waals surface area contributed by atoms with Crippen LogP contribution in [0.15, 0.2) is 30.5 Å². The molecule has 0 aliphatic carbocycles. The van der Waals surface area contributed by atoms with E-state index < -0.39 is 0 Å². The smallest absolute Gasteiger partial charge is 0.225 e. The van der Waals surface area contributed by atoms with E-state index in [0.29, 0.717) is 36.8 Å². The van der Waals surface area contributed by atoms with Crippen LogP contribution < -0.4 is 14.8 Å². The standard InChI is InChI=1S/C15H19N3O3/c1-3-21-12-6-4-11(10-13(12)20-2)5-7-15(19)17-14-8-9-16-18-14/h4,6,8-10H,3,5,7H2,1-2H3,(H2,16,17,18,19). The van der Waals surface area contributed by atoms with Gasteiger partial charge in [-0.05, 0) is 31.0 Å². The van der Waals surface area contributed by atoms with E-state index in [9.17, 15) is 4.79 Å². The predicted molar refractivity (Wildman–Crippen MR) is 79.7 cm³/mol. The summed E-state index contributed by atoms with van der Waals surface area (Å²) in [4.78, 5) is 11.8. The van der Waals surface area contributed by atoms with E-state index in [4.69, 9.17) is 9.47 Å². The van der Waals surface area contributed by atoms with Gasteiger partial charge in [-0.25, -0.2) is 0 Å². The van der Waals surface area contributed by atoms with Crippen molar-refractivity contribution < 1.29 is 14.3 Å². The average Bonchev–Trinajstić information content (AvgIpc) is 2.99. The highest BCUT2D eigenvalue weighted by Gasteiger charge is 2.08. The fourth-order valence-electron chi connectivity index (χ4n) is 1.94. The van der Waals surface area contributed by atoms with Gasteiger partial charge in [-0.1, -0.05) is 6.07 Å². The minimum atomic E-state index is -0.0629. The third kappa shape index (κ3) is 4.24. The maximum atomic E-state index is 11.8. The molecule has 1 amide bonds. The summed E-state index contributed by atoms with van der Waals surface area (Å²) in [5.74, 6) is 1.94. The zero-order chi connectivity index (χ0) is 15.1. The first-order valence-corrected chi connectivity index (χ1v) is 6.82. The number of hydrogen-bond acceptors (Lipinski definition) is 4. The number of anilines is 1. The number of ether oxygens (including phenoxy) is 2. The third-order valence-electron chi connectivity index (χ3n) is 2.94. The molecule has 0 atom stereocenters. The monoisotopic (exact) mass is 289 g/mol. The van der Waals surface area contributed by atoms with Crippen LogP contribution in [0.4, 0.5) is 5.82 Å². The van der Waals surface area contributed by atoms with Crippen molar-refractivity contribution in [2.24, 2.45) is 0 Å². The van der Waals surface area contributed by atoms with Crippen molar-refractivity contribution in [3.8, 4) is 11.5 Å². The number of nitrogens with one attached hydrogen (secondary N) is 2. The van der Waals surface area contributed by atoms with Crippen molar-refractivity contribution in [2.75, 3.05) is 19.0 Å². The van der Waals surface area contributed by atoms with Gasteiger partial charge in [0.25, 0.3) is 0 Å². The SMILES string of the molecule is CCOc1ccc(CCC(=O)Nc2ccn[nH]2)cc1OC. The van der Waals surface area contributed by atoms with Crippen LogP contribution in [-0.4, -0.2) is 29.8 Å². The Bertz CT molecular complexity index is 582.